The molecule has 2 aromatic carbocycles. The summed E-state index contributed by atoms with van der Waals surface area (Å²) in [6, 6.07) is 17.3. The molecule has 0 unspecified atom stereocenters. The third-order valence-corrected chi connectivity index (χ3v) is 5.98. The molecule has 0 fully saturated rings. The second kappa shape index (κ2) is 14.0. The minimum absolute atomic E-state index is 0.0176. The van der Waals surface area contributed by atoms with Gasteiger partial charge in [-0.1, -0.05) is 44.0 Å². The van der Waals surface area contributed by atoms with Crippen LogP contribution in [0, 0.1) is 10.1 Å². The van der Waals surface area contributed by atoms with Crippen LogP contribution < -0.4 is 16.4 Å². The van der Waals surface area contributed by atoms with Crippen LogP contribution in [0.2, 0.25) is 0 Å². The Morgan fingerprint density at radius 3 is 1.75 bits per heavy atom. The van der Waals surface area contributed by atoms with Gasteiger partial charge in [-0.2, -0.15) is 0 Å². The summed E-state index contributed by atoms with van der Waals surface area (Å²) in [5.74, 6) is -0.607. The predicted octanol–water partition coefficient (Wildman–Crippen LogP) is 6.24. The van der Waals surface area contributed by atoms with Crippen LogP contribution in [0.1, 0.15) is 20.7 Å². The predicted molar refractivity (Wildman–Crippen MR) is 157 cm³/mol. The first-order chi connectivity index (χ1) is 19.1. The maximum Gasteiger partial charge on any atom is 0.339 e. The Balaban J connectivity index is 0.000000222. The number of pyridine rings is 2. The standard InChI is InChI=1S/C13H10BrN3O4.C13H12BrN3O2/c1-21-13(18)8-5-11(17(19)20)12(15-7-8)16-10-4-2-3-9(14)6-10;1-19-13(18)8-5-11(15)12(16-7-8)17-10-4-2-3-9(14)6-10/h2-7H,1H3,(H,15,16);2-7H,15H2,1H3,(H,16,17). The van der Waals surface area contributed by atoms with Crippen LogP contribution in [0.25, 0.3) is 0 Å². The molecule has 4 N–H and O–H groups in total. The number of nitrogens with two attached hydrogens (primary N) is 1. The number of nitrogens with one attached hydrogen (secondary N) is 2. The van der Waals surface area contributed by atoms with Crippen LogP contribution in [0.4, 0.5) is 34.4 Å². The molecule has 0 aliphatic rings. The molecule has 0 saturated carbocycles. The summed E-state index contributed by atoms with van der Waals surface area (Å²) in [5, 5.41) is 17.0. The molecule has 14 heteroatoms. The van der Waals surface area contributed by atoms with Crippen molar-refractivity contribution in [3.63, 3.8) is 0 Å². The van der Waals surface area contributed by atoms with Crippen molar-refractivity contribution >= 4 is 78.2 Å². The fourth-order valence-corrected chi connectivity index (χ4v) is 3.94. The summed E-state index contributed by atoms with van der Waals surface area (Å²) in [5.41, 5.74) is 7.74. The largest absolute Gasteiger partial charge is 0.465 e. The number of benzene rings is 2. The number of methoxy groups -OCH3 is 2. The Labute approximate surface area is 245 Å². The molecule has 0 radical (unpaired) electrons. The number of carbonyl (C=O) groups is 2. The lowest BCUT2D eigenvalue weighted by molar-refractivity contribution is -0.384. The number of halogens is 2. The van der Waals surface area contributed by atoms with E-state index in [1.54, 1.807) is 18.2 Å². The third kappa shape index (κ3) is 8.22. The zero-order valence-electron chi connectivity index (χ0n) is 21.1. The van der Waals surface area contributed by atoms with E-state index < -0.39 is 16.9 Å². The zero-order valence-corrected chi connectivity index (χ0v) is 24.2. The van der Waals surface area contributed by atoms with Crippen molar-refractivity contribution in [2.75, 3.05) is 30.6 Å². The highest BCUT2D eigenvalue weighted by molar-refractivity contribution is 9.10. The molecule has 0 saturated heterocycles. The molecule has 4 aromatic rings. The lowest BCUT2D eigenvalue weighted by Crippen LogP contribution is -2.06. The Kier molecular flexibility index (Phi) is 10.5. The van der Waals surface area contributed by atoms with Gasteiger partial charge in [-0.25, -0.2) is 19.6 Å². The van der Waals surface area contributed by atoms with E-state index in [1.165, 1.54) is 32.7 Å². The van der Waals surface area contributed by atoms with Crippen molar-refractivity contribution in [1.29, 1.82) is 0 Å². The van der Waals surface area contributed by atoms with Crippen molar-refractivity contribution in [3.8, 4) is 0 Å². The number of nitro groups is 1. The van der Waals surface area contributed by atoms with Crippen LogP contribution >= 0.6 is 31.9 Å². The quantitative estimate of drug-likeness (QED) is 0.115. The highest BCUT2D eigenvalue weighted by atomic mass is 79.9. The monoisotopic (exact) mass is 672 g/mol. The lowest BCUT2D eigenvalue weighted by Gasteiger charge is -2.09. The number of nitrogen functional groups attached to an aromatic ring is 1. The van der Waals surface area contributed by atoms with Gasteiger partial charge in [0.2, 0.25) is 5.82 Å². The van der Waals surface area contributed by atoms with Gasteiger partial charge < -0.3 is 25.8 Å². The number of anilines is 5. The van der Waals surface area contributed by atoms with Crippen LogP contribution in [-0.4, -0.2) is 41.0 Å². The normalized spacial score (nSPS) is 10.0. The fourth-order valence-electron chi connectivity index (χ4n) is 3.14. The van der Waals surface area contributed by atoms with Gasteiger partial charge in [0.25, 0.3) is 0 Å². The SMILES string of the molecule is COC(=O)c1cnc(Nc2cccc(Br)c2)c(N)c1.COC(=O)c1cnc(Nc2cccc(Br)c2)c([N+](=O)[O-])c1. The Bertz CT molecular complexity index is 1550. The lowest BCUT2D eigenvalue weighted by atomic mass is 10.2. The maximum atomic E-state index is 11.4. The van der Waals surface area contributed by atoms with E-state index in [1.807, 2.05) is 30.3 Å². The first-order valence-corrected chi connectivity index (χ1v) is 12.8. The summed E-state index contributed by atoms with van der Waals surface area (Å²) >= 11 is 6.69. The number of nitrogens with zero attached hydrogens (tertiary/aromatic N) is 3. The number of carbonyl (C=O) groups excluding carboxylic acids is 2. The minimum Gasteiger partial charge on any atom is -0.465 e. The molecule has 0 aliphatic heterocycles. The van der Waals surface area contributed by atoms with E-state index in [-0.39, 0.29) is 17.1 Å². The topological polar surface area (TPSA) is 172 Å². The highest BCUT2D eigenvalue weighted by Gasteiger charge is 2.19. The minimum atomic E-state index is -0.681. The molecule has 0 aliphatic carbocycles. The average Bonchev–Trinajstić information content (AvgIpc) is 2.93. The summed E-state index contributed by atoms with van der Waals surface area (Å²) in [4.78, 5) is 41.3. The molecule has 0 bridgehead atoms. The molecule has 4 rings (SSSR count). The Morgan fingerprint density at radius 1 is 0.825 bits per heavy atom. The number of hydrogen-bond donors (Lipinski definition) is 3. The summed E-state index contributed by atoms with van der Waals surface area (Å²) in [6.45, 7) is 0. The maximum absolute atomic E-state index is 11.4. The molecule has 12 nitrogen and oxygen atoms in total. The number of ether oxygens (including phenoxy) is 2. The van der Waals surface area contributed by atoms with Gasteiger partial charge >= 0.3 is 17.6 Å². The highest BCUT2D eigenvalue weighted by Crippen LogP contribution is 2.28. The van der Waals surface area contributed by atoms with E-state index in [2.05, 4.69) is 61.9 Å². The van der Waals surface area contributed by atoms with Crippen LogP contribution in [0.3, 0.4) is 0 Å². The van der Waals surface area contributed by atoms with E-state index in [4.69, 9.17) is 5.73 Å². The van der Waals surface area contributed by atoms with E-state index in [9.17, 15) is 19.7 Å². The Morgan fingerprint density at radius 2 is 1.30 bits per heavy atom. The first-order valence-electron chi connectivity index (χ1n) is 11.2. The molecule has 0 spiro atoms. The molecular formula is C26H22Br2N6O6. The second-order valence-electron chi connectivity index (χ2n) is 7.76. The molecule has 2 aromatic heterocycles. The van der Waals surface area contributed by atoms with E-state index >= 15 is 0 Å². The van der Waals surface area contributed by atoms with Gasteiger partial charge in [0.05, 0.1) is 36.0 Å². The second-order valence-corrected chi connectivity index (χ2v) is 9.60. The average molecular weight is 674 g/mol. The third-order valence-electron chi connectivity index (χ3n) is 5.00. The van der Waals surface area contributed by atoms with Gasteiger partial charge in [-0.05, 0) is 42.5 Å². The van der Waals surface area contributed by atoms with Crippen molar-refractivity contribution in [1.82, 2.24) is 9.97 Å². The van der Waals surface area contributed by atoms with Crippen molar-refractivity contribution in [2.24, 2.45) is 0 Å². The number of rotatable bonds is 7. The molecule has 206 valence electrons. The zero-order chi connectivity index (χ0) is 29.2. The molecule has 40 heavy (non-hydrogen) atoms. The summed E-state index contributed by atoms with van der Waals surface area (Å²) < 4.78 is 10.9. The first kappa shape index (κ1) is 30.0. The van der Waals surface area contributed by atoms with Gasteiger partial charge in [0.15, 0.2) is 5.82 Å². The van der Waals surface area contributed by atoms with E-state index in [0.29, 0.717) is 22.8 Å². The van der Waals surface area contributed by atoms with Crippen LogP contribution in [-0.2, 0) is 9.47 Å². The molecule has 0 atom stereocenters. The molecule has 0 amide bonds. The van der Waals surface area contributed by atoms with Crippen molar-refractivity contribution in [2.45, 2.75) is 0 Å². The van der Waals surface area contributed by atoms with E-state index in [0.717, 1.165) is 20.7 Å². The molecular weight excluding hydrogens is 652 g/mol. The number of hydrogen-bond acceptors (Lipinski definition) is 11. The van der Waals surface area contributed by atoms with Gasteiger partial charge in [0, 0.05) is 38.8 Å². The van der Waals surface area contributed by atoms with Crippen molar-refractivity contribution in [3.05, 3.63) is 103 Å². The van der Waals surface area contributed by atoms with Gasteiger partial charge in [-0.3, -0.25) is 10.1 Å². The number of esters is 2. The van der Waals surface area contributed by atoms with Gasteiger partial charge in [0.1, 0.15) is 0 Å². The smallest absolute Gasteiger partial charge is 0.339 e. The summed E-state index contributed by atoms with van der Waals surface area (Å²) in [6.07, 6.45) is 2.64. The summed E-state index contributed by atoms with van der Waals surface area (Å²) in [7, 11) is 2.51. The Hall–Kier alpha value is -4.56. The van der Waals surface area contributed by atoms with Crippen LogP contribution in [0.15, 0.2) is 82.0 Å². The van der Waals surface area contributed by atoms with Gasteiger partial charge in [-0.15, -0.1) is 0 Å². The van der Waals surface area contributed by atoms with Crippen LogP contribution in [0.5, 0.6) is 0 Å². The molecule has 2 heterocycles. The fraction of sp³-hybridized carbons (Fsp3) is 0.0769. The number of aromatic nitrogens is 2. The van der Waals surface area contributed by atoms with Crippen molar-refractivity contribution < 1.29 is 24.0 Å².